The number of amides is 2. The Morgan fingerprint density at radius 2 is 1.44 bits per heavy atom. The van der Waals surface area contributed by atoms with Crippen molar-refractivity contribution in [3.05, 3.63) is 71.3 Å². The summed E-state index contributed by atoms with van der Waals surface area (Å²) < 4.78 is 27.3. The van der Waals surface area contributed by atoms with Gasteiger partial charge in [-0.25, -0.2) is 13.6 Å². The topological polar surface area (TPSA) is 35.6 Å². The lowest BCUT2D eigenvalue weighted by molar-refractivity contribution is 0.134. The van der Waals surface area contributed by atoms with Gasteiger partial charge in [0.25, 0.3) is 0 Å². The maximum atomic E-state index is 13.7. The first-order valence-corrected chi connectivity index (χ1v) is 8.35. The number of rotatable bonds is 4. The molecule has 2 amide bonds. The molecular weight excluding hydrogens is 324 g/mol. The molecule has 6 heteroatoms. The van der Waals surface area contributed by atoms with Gasteiger partial charge in [-0.15, -0.1) is 0 Å². The lowest BCUT2D eigenvalue weighted by atomic mass is 10.2. The minimum absolute atomic E-state index is 0.168. The molecule has 132 valence electrons. The largest absolute Gasteiger partial charge is 0.334 e. The molecule has 0 radical (unpaired) electrons. The van der Waals surface area contributed by atoms with E-state index in [9.17, 15) is 13.6 Å². The predicted octanol–water partition coefficient (Wildman–Crippen LogP) is 2.99. The lowest BCUT2D eigenvalue weighted by Gasteiger charge is -2.34. The highest BCUT2D eigenvalue weighted by Gasteiger charge is 2.21. The minimum atomic E-state index is -0.322. The zero-order chi connectivity index (χ0) is 17.6. The Balaban J connectivity index is 1.46. The molecule has 0 unspecified atom stereocenters. The van der Waals surface area contributed by atoms with E-state index in [1.54, 1.807) is 35.2 Å². The average Bonchev–Trinajstić information content (AvgIpc) is 2.63. The number of halogens is 2. The Labute approximate surface area is 146 Å². The molecule has 1 saturated heterocycles. The number of nitrogens with zero attached hydrogens (tertiary/aromatic N) is 2. The van der Waals surface area contributed by atoms with Crippen LogP contribution in [0.2, 0.25) is 0 Å². The fourth-order valence-electron chi connectivity index (χ4n) is 2.90. The molecule has 3 rings (SSSR count). The van der Waals surface area contributed by atoms with E-state index in [2.05, 4.69) is 10.2 Å². The third kappa shape index (κ3) is 4.54. The smallest absolute Gasteiger partial charge is 0.317 e. The van der Waals surface area contributed by atoms with Crippen molar-refractivity contribution in [3.63, 3.8) is 0 Å². The van der Waals surface area contributed by atoms with Gasteiger partial charge in [-0.05, 0) is 12.1 Å². The van der Waals surface area contributed by atoms with E-state index in [0.29, 0.717) is 43.9 Å². The van der Waals surface area contributed by atoms with Crippen LogP contribution in [-0.4, -0.2) is 42.0 Å². The van der Waals surface area contributed by atoms with Gasteiger partial charge in [0.05, 0.1) is 0 Å². The van der Waals surface area contributed by atoms with Crippen LogP contribution >= 0.6 is 0 Å². The van der Waals surface area contributed by atoms with E-state index in [4.69, 9.17) is 0 Å². The molecule has 0 saturated carbocycles. The highest BCUT2D eigenvalue weighted by atomic mass is 19.1. The van der Waals surface area contributed by atoms with Crippen LogP contribution in [0.4, 0.5) is 13.6 Å². The highest BCUT2D eigenvalue weighted by molar-refractivity contribution is 5.74. The standard InChI is InChI=1S/C19H21F2N3O/c20-17-7-3-1-5-15(17)13-22-19(25)24-11-9-23(10-12-24)14-16-6-2-4-8-18(16)21/h1-8H,9-14H2,(H,22,25). The van der Waals surface area contributed by atoms with E-state index in [0.717, 1.165) is 0 Å². The van der Waals surface area contributed by atoms with E-state index in [-0.39, 0.29) is 24.2 Å². The molecule has 0 spiro atoms. The van der Waals surface area contributed by atoms with Gasteiger partial charge in [-0.1, -0.05) is 36.4 Å². The summed E-state index contributed by atoms with van der Waals surface area (Å²) in [6, 6.07) is 12.9. The lowest BCUT2D eigenvalue weighted by Crippen LogP contribution is -2.51. The minimum Gasteiger partial charge on any atom is -0.334 e. The van der Waals surface area contributed by atoms with Gasteiger partial charge < -0.3 is 10.2 Å². The van der Waals surface area contributed by atoms with Crippen LogP contribution in [0.25, 0.3) is 0 Å². The summed E-state index contributed by atoms with van der Waals surface area (Å²) in [6.07, 6.45) is 0. The van der Waals surface area contributed by atoms with Crippen LogP contribution in [0.5, 0.6) is 0 Å². The molecule has 2 aromatic rings. The molecule has 1 aliphatic rings. The monoisotopic (exact) mass is 345 g/mol. The van der Waals surface area contributed by atoms with E-state index < -0.39 is 0 Å². The van der Waals surface area contributed by atoms with Crippen molar-refractivity contribution in [3.8, 4) is 0 Å². The molecule has 2 aromatic carbocycles. The van der Waals surface area contributed by atoms with Crippen LogP contribution in [0.3, 0.4) is 0 Å². The maximum Gasteiger partial charge on any atom is 0.317 e. The fourth-order valence-corrected chi connectivity index (χ4v) is 2.90. The third-order valence-corrected chi connectivity index (χ3v) is 4.40. The molecule has 1 aliphatic heterocycles. The number of piperazine rings is 1. The van der Waals surface area contributed by atoms with Gasteiger partial charge in [0, 0.05) is 50.4 Å². The number of carbonyl (C=O) groups excluding carboxylic acids is 1. The van der Waals surface area contributed by atoms with Crippen LogP contribution < -0.4 is 5.32 Å². The van der Waals surface area contributed by atoms with Crippen molar-refractivity contribution in [1.29, 1.82) is 0 Å². The molecule has 0 atom stereocenters. The highest BCUT2D eigenvalue weighted by Crippen LogP contribution is 2.12. The maximum absolute atomic E-state index is 13.7. The quantitative estimate of drug-likeness (QED) is 0.925. The number of hydrogen-bond acceptors (Lipinski definition) is 2. The van der Waals surface area contributed by atoms with Crippen LogP contribution in [0.15, 0.2) is 48.5 Å². The normalized spacial score (nSPS) is 15.2. The van der Waals surface area contributed by atoms with Crippen LogP contribution in [0.1, 0.15) is 11.1 Å². The van der Waals surface area contributed by atoms with Crippen LogP contribution in [0, 0.1) is 11.6 Å². The average molecular weight is 345 g/mol. The second kappa shape index (κ2) is 8.07. The van der Waals surface area contributed by atoms with Crippen molar-refractivity contribution in [1.82, 2.24) is 15.1 Å². The van der Waals surface area contributed by atoms with E-state index >= 15 is 0 Å². The summed E-state index contributed by atoms with van der Waals surface area (Å²) in [7, 11) is 0. The van der Waals surface area contributed by atoms with Gasteiger partial charge in [-0.3, -0.25) is 4.90 Å². The Morgan fingerprint density at radius 1 is 0.880 bits per heavy atom. The van der Waals surface area contributed by atoms with Crippen molar-refractivity contribution < 1.29 is 13.6 Å². The number of urea groups is 1. The van der Waals surface area contributed by atoms with Gasteiger partial charge >= 0.3 is 6.03 Å². The second-order valence-electron chi connectivity index (χ2n) is 6.10. The first-order chi connectivity index (χ1) is 12.1. The molecule has 0 aliphatic carbocycles. The number of nitrogens with one attached hydrogen (secondary N) is 1. The van der Waals surface area contributed by atoms with Crippen molar-refractivity contribution in [2.24, 2.45) is 0 Å². The van der Waals surface area contributed by atoms with Gasteiger partial charge in [0.2, 0.25) is 0 Å². The Bertz CT molecular complexity index is 730. The van der Waals surface area contributed by atoms with Gasteiger partial charge in [-0.2, -0.15) is 0 Å². The molecule has 1 N–H and O–H groups in total. The summed E-state index contributed by atoms with van der Waals surface area (Å²) in [5, 5.41) is 2.75. The summed E-state index contributed by atoms with van der Waals surface area (Å²) in [5.74, 6) is -0.523. The predicted molar refractivity (Wildman–Crippen MR) is 91.9 cm³/mol. The Morgan fingerprint density at radius 3 is 2.04 bits per heavy atom. The van der Waals surface area contributed by atoms with Crippen molar-refractivity contribution in [2.45, 2.75) is 13.1 Å². The number of benzene rings is 2. The SMILES string of the molecule is O=C(NCc1ccccc1F)N1CCN(Cc2ccccc2F)CC1. The molecule has 0 bridgehead atoms. The van der Waals surface area contributed by atoms with Gasteiger partial charge in [0.15, 0.2) is 0 Å². The van der Waals surface area contributed by atoms with Gasteiger partial charge in [0.1, 0.15) is 11.6 Å². The second-order valence-corrected chi connectivity index (χ2v) is 6.10. The molecule has 0 aromatic heterocycles. The first-order valence-electron chi connectivity index (χ1n) is 8.35. The summed E-state index contributed by atoms with van der Waals surface area (Å²) in [6.45, 7) is 3.20. The van der Waals surface area contributed by atoms with Crippen molar-refractivity contribution >= 4 is 6.03 Å². The summed E-state index contributed by atoms with van der Waals surface area (Å²) >= 11 is 0. The zero-order valence-corrected chi connectivity index (χ0v) is 13.9. The fraction of sp³-hybridized carbons (Fsp3) is 0.316. The summed E-state index contributed by atoms with van der Waals surface area (Å²) in [4.78, 5) is 16.0. The Hall–Kier alpha value is -2.47. The van der Waals surface area contributed by atoms with Crippen LogP contribution in [-0.2, 0) is 13.1 Å². The zero-order valence-electron chi connectivity index (χ0n) is 13.9. The number of hydrogen-bond donors (Lipinski definition) is 1. The molecule has 1 fully saturated rings. The molecule has 4 nitrogen and oxygen atoms in total. The Kier molecular flexibility index (Phi) is 5.60. The van der Waals surface area contributed by atoms with E-state index in [1.165, 1.54) is 12.1 Å². The first kappa shape index (κ1) is 17.4. The molecule has 25 heavy (non-hydrogen) atoms. The third-order valence-electron chi connectivity index (χ3n) is 4.40. The number of carbonyl (C=O) groups is 1. The van der Waals surface area contributed by atoms with Crippen molar-refractivity contribution in [2.75, 3.05) is 26.2 Å². The molecule has 1 heterocycles. The van der Waals surface area contributed by atoms with E-state index in [1.807, 2.05) is 6.07 Å². The summed E-state index contributed by atoms with van der Waals surface area (Å²) in [5.41, 5.74) is 1.13. The molecular formula is C19H21F2N3O.